The molecule has 0 fully saturated rings. The number of anilines is 1. The molecule has 0 radical (unpaired) electrons. The van der Waals surface area contributed by atoms with E-state index in [1.54, 1.807) is 12.1 Å². The molecule has 0 aromatic carbocycles. The highest BCUT2D eigenvalue weighted by Crippen LogP contribution is 2.22. The number of hydrogen-bond acceptors (Lipinski definition) is 3. The number of rotatable bonds is 2. The summed E-state index contributed by atoms with van der Waals surface area (Å²) < 4.78 is 36.0. The second-order valence-corrected chi connectivity index (χ2v) is 3.41. The molecular weight excluding hydrogens is 221 g/mol. The molecule has 2 aromatic rings. The summed E-state index contributed by atoms with van der Waals surface area (Å²) in [5.74, 6) is 0.562. The number of aromatic amines is 1. The topological polar surface area (TPSA) is 67.6 Å². The van der Waals surface area contributed by atoms with Crippen LogP contribution < -0.4 is 5.73 Å². The molecule has 2 heterocycles. The Labute approximate surface area is 88.7 Å². The van der Waals surface area contributed by atoms with E-state index in [0.29, 0.717) is 17.0 Å². The number of nitrogen functional groups attached to an aromatic ring is 1. The first-order valence-electron chi connectivity index (χ1n) is 4.62. The number of aromatic nitrogens is 3. The first-order chi connectivity index (χ1) is 7.44. The van der Waals surface area contributed by atoms with Gasteiger partial charge in [-0.25, -0.2) is 9.97 Å². The lowest BCUT2D eigenvalue weighted by Gasteiger charge is -2.02. The lowest BCUT2D eigenvalue weighted by molar-refractivity contribution is -0.134. The highest BCUT2D eigenvalue weighted by molar-refractivity contribution is 5.72. The maximum atomic E-state index is 12.0. The Kier molecular flexibility index (Phi) is 2.45. The molecule has 0 unspecified atom stereocenters. The molecule has 0 atom stereocenters. The average molecular weight is 230 g/mol. The molecule has 2 aromatic heterocycles. The summed E-state index contributed by atoms with van der Waals surface area (Å²) in [6.07, 6.45) is -5.26. The van der Waals surface area contributed by atoms with Crippen LogP contribution in [0.15, 0.2) is 12.1 Å². The number of nitrogens with zero attached hydrogens (tertiary/aromatic N) is 2. The van der Waals surface area contributed by atoms with Gasteiger partial charge in [-0.05, 0) is 12.1 Å². The van der Waals surface area contributed by atoms with Crippen LogP contribution in [0, 0.1) is 0 Å². The van der Waals surface area contributed by atoms with Crippen LogP contribution in [-0.4, -0.2) is 21.1 Å². The summed E-state index contributed by atoms with van der Waals surface area (Å²) in [5, 5.41) is 0. The number of nitrogens with one attached hydrogen (secondary N) is 1. The number of pyridine rings is 1. The van der Waals surface area contributed by atoms with Crippen LogP contribution in [-0.2, 0) is 6.42 Å². The molecular formula is C9H9F3N4. The quantitative estimate of drug-likeness (QED) is 0.829. The van der Waals surface area contributed by atoms with Crippen molar-refractivity contribution in [3.63, 3.8) is 0 Å². The van der Waals surface area contributed by atoms with E-state index in [4.69, 9.17) is 5.73 Å². The van der Waals surface area contributed by atoms with E-state index in [0.717, 1.165) is 0 Å². The van der Waals surface area contributed by atoms with Gasteiger partial charge in [-0.1, -0.05) is 0 Å². The molecule has 0 saturated carbocycles. The van der Waals surface area contributed by atoms with Crippen LogP contribution in [0.5, 0.6) is 0 Å². The SMILES string of the molecule is Nc1ccc2[nH]c(CCC(F)(F)F)nc2n1. The highest BCUT2D eigenvalue weighted by Gasteiger charge is 2.27. The Morgan fingerprint density at radius 2 is 2.00 bits per heavy atom. The van der Waals surface area contributed by atoms with Crippen molar-refractivity contribution in [2.45, 2.75) is 19.0 Å². The first kappa shape index (κ1) is 10.7. The fourth-order valence-electron chi connectivity index (χ4n) is 1.34. The molecule has 0 amide bonds. The zero-order valence-corrected chi connectivity index (χ0v) is 8.17. The van der Waals surface area contributed by atoms with E-state index in [2.05, 4.69) is 15.0 Å². The summed E-state index contributed by atoms with van der Waals surface area (Å²) in [6.45, 7) is 0. The molecule has 16 heavy (non-hydrogen) atoms. The average Bonchev–Trinajstić information content (AvgIpc) is 2.55. The van der Waals surface area contributed by atoms with Crippen LogP contribution in [0.1, 0.15) is 12.2 Å². The summed E-state index contributed by atoms with van der Waals surface area (Å²) in [5.41, 5.74) is 6.37. The van der Waals surface area contributed by atoms with Gasteiger partial charge in [0, 0.05) is 6.42 Å². The van der Waals surface area contributed by atoms with Crippen molar-refractivity contribution in [2.75, 3.05) is 5.73 Å². The summed E-state index contributed by atoms with van der Waals surface area (Å²) >= 11 is 0. The van der Waals surface area contributed by atoms with Gasteiger partial charge in [0.1, 0.15) is 11.6 Å². The summed E-state index contributed by atoms with van der Waals surface area (Å²) in [4.78, 5) is 10.6. The van der Waals surface area contributed by atoms with Gasteiger partial charge in [0.2, 0.25) is 0 Å². The number of nitrogens with two attached hydrogens (primary N) is 1. The van der Waals surface area contributed by atoms with Gasteiger partial charge >= 0.3 is 6.18 Å². The summed E-state index contributed by atoms with van der Waals surface area (Å²) in [7, 11) is 0. The predicted octanol–water partition coefficient (Wildman–Crippen LogP) is 2.03. The number of aryl methyl sites for hydroxylation is 1. The van der Waals surface area contributed by atoms with Crippen LogP contribution >= 0.6 is 0 Å². The van der Waals surface area contributed by atoms with Crippen LogP contribution in [0.4, 0.5) is 19.0 Å². The van der Waals surface area contributed by atoms with Crippen molar-refractivity contribution >= 4 is 17.0 Å². The molecule has 0 aliphatic carbocycles. The molecule has 0 saturated heterocycles. The van der Waals surface area contributed by atoms with E-state index >= 15 is 0 Å². The Hall–Kier alpha value is -1.79. The van der Waals surface area contributed by atoms with Gasteiger partial charge in [0.05, 0.1) is 11.9 Å². The zero-order chi connectivity index (χ0) is 11.8. The smallest absolute Gasteiger partial charge is 0.384 e. The van der Waals surface area contributed by atoms with E-state index in [1.807, 2.05) is 0 Å². The summed E-state index contributed by atoms with van der Waals surface area (Å²) in [6, 6.07) is 3.20. The molecule has 7 heteroatoms. The van der Waals surface area contributed by atoms with Crippen LogP contribution in [0.2, 0.25) is 0 Å². The van der Waals surface area contributed by atoms with Crippen molar-refractivity contribution in [1.29, 1.82) is 0 Å². The zero-order valence-electron chi connectivity index (χ0n) is 8.17. The van der Waals surface area contributed by atoms with Gasteiger partial charge in [-0.2, -0.15) is 13.2 Å². The van der Waals surface area contributed by atoms with Gasteiger partial charge in [-0.15, -0.1) is 0 Å². The number of H-pyrrole nitrogens is 1. The van der Waals surface area contributed by atoms with Gasteiger partial charge < -0.3 is 10.7 Å². The molecule has 3 N–H and O–H groups in total. The minimum Gasteiger partial charge on any atom is -0.384 e. The van der Waals surface area contributed by atoms with Gasteiger partial charge in [0.15, 0.2) is 5.65 Å². The van der Waals surface area contributed by atoms with Crippen molar-refractivity contribution in [3.8, 4) is 0 Å². The van der Waals surface area contributed by atoms with Crippen LogP contribution in [0.3, 0.4) is 0 Å². The predicted molar refractivity (Wildman–Crippen MR) is 52.7 cm³/mol. The van der Waals surface area contributed by atoms with Crippen molar-refractivity contribution in [3.05, 3.63) is 18.0 Å². The third-order valence-corrected chi connectivity index (χ3v) is 2.06. The second kappa shape index (κ2) is 3.66. The minimum absolute atomic E-state index is 0.181. The Bertz CT molecular complexity index is 503. The molecule has 2 rings (SSSR count). The fraction of sp³-hybridized carbons (Fsp3) is 0.333. The minimum atomic E-state index is -4.18. The Morgan fingerprint density at radius 1 is 1.25 bits per heavy atom. The number of imidazole rings is 1. The molecule has 0 bridgehead atoms. The van der Waals surface area contributed by atoms with E-state index in [-0.39, 0.29) is 12.2 Å². The van der Waals surface area contributed by atoms with Crippen molar-refractivity contribution < 1.29 is 13.2 Å². The molecule has 0 spiro atoms. The standard InChI is InChI=1S/C9H9F3N4/c10-9(11,12)4-3-7-14-5-1-2-6(13)15-8(5)16-7/h1-2H,3-4H2,(H3,13,14,15,16). The molecule has 86 valence electrons. The molecule has 0 aliphatic rings. The van der Waals surface area contributed by atoms with E-state index < -0.39 is 12.6 Å². The fourth-order valence-corrected chi connectivity index (χ4v) is 1.34. The largest absolute Gasteiger partial charge is 0.389 e. The van der Waals surface area contributed by atoms with Crippen molar-refractivity contribution in [2.24, 2.45) is 0 Å². The van der Waals surface area contributed by atoms with E-state index in [9.17, 15) is 13.2 Å². The third kappa shape index (κ3) is 2.41. The highest BCUT2D eigenvalue weighted by atomic mass is 19.4. The number of fused-ring (bicyclic) bond motifs is 1. The molecule has 0 aliphatic heterocycles. The normalized spacial score (nSPS) is 12.2. The lowest BCUT2D eigenvalue weighted by atomic mass is 10.3. The lowest BCUT2D eigenvalue weighted by Crippen LogP contribution is -2.09. The maximum absolute atomic E-state index is 12.0. The van der Waals surface area contributed by atoms with Crippen LogP contribution in [0.25, 0.3) is 11.2 Å². The first-order valence-corrected chi connectivity index (χ1v) is 4.62. The molecule has 4 nitrogen and oxygen atoms in total. The maximum Gasteiger partial charge on any atom is 0.389 e. The Morgan fingerprint density at radius 3 is 2.69 bits per heavy atom. The Balaban J connectivity index is 2.20. The van der Waals surface area contributed by atoms with Crippen molar-refractivity contribution in [1.82, 2.24) is 15.0 Å². The number of halogens is 3. The number of alkyl halides is 3. The monoisotopic (exact) mass is 230 g/mol. The second-order valence-electron chi connectivity index (χ2n) is 3.41. The number of hydrogen-bond donors (Lipinski definition) is 2. The van der Waals surface area contributed by atoms with E-state index in [1.165, 1.54) is 0 Å². The van der Waals surface area contributed by atoms with Gasteiger partial charge in [0.25, 0.3) is 0 Å². The third-order valence-electron chi connectivity index (χ3n) is 2.06. The van der Waals surface area contributed by atoms with Gasteiger partial charge in [-0.3, -0.25) is 0 Å².